The van der Waals surface area contributed by atoms with Crippen LogP contribution < -0.4 is 21.5 Å². The number of benzene rings is 3. The number of rotatable bonds is 7. The molecular weight excluding hydrogens is 436 g/mol. The molecule has 0 saturated heterocycles. The maximum atomic E-state index is 12.3. The van der Waals surface area contributed by atoms with Gasteiger partial charge in [0.05, 0.1) is 0 Å². The van der Waals surface area contributed by atoms with Crippen LogP contribution in [0.5, 0.6) is 0 Å². The summed E-state index contributed by atoms with van der Waals surface area (Å²) in [5.41, 5.74) is 8.30. The van der Waals surface area contributed by atoms with E-state index in [0.717, 1.165) is 16.7 Å². The van der Waals surface area contributed by atoms with Crippen molar-refractivity contribution in [1.29, 1.82) is 0 Å². The van der Waals surface area contributed by atoms with E-state index >= 15 is 0 Å². The van der Waals surface area contributed by atoms with E-state index < -0.39 is 11.8 Å². The van der Waals surface area contributed by atoms with E-state index in [1.54, 1.807) is 12.1 Å². The summed E-state index contributed by atoms with van der Waals surface area (Å²) in [6.45, 7) is 0.405. The number of carbonyl (C=O) groups is 3. The lowest BCUT2D eigenvalue weighted by molar-refractivity contribution is -0.126. The summed E-state index contributed by atoms with van der Waals surface area (Å²) in [6.07, 6.45) is 0.0123. The van der Waals surface area contributed by atoms with Gasteiger partial charge < -0.3 is 5.32 Å². The Morgan fingerprint density at radius 2 is 1.24 bits per heavy atom. The Hall–Kier alpha value is -4.04. The molecule has 3 rings (SSSR count). The third-order valence-corrected chi connectivity index (χ3v) is 4.91. The summed E-state index contributed by atoms with van der Waals surface area (Å²) in [6, 6.07) is 26.4. The number of hydrogen-bond acceptors (Lipinski definition) is 4. The van der Waals surface area contributed by atoms with Crippen LogP contribution in [0.2, 0.25) is 0 Å². The first-order valence-electron chi connectivity index (χ1n) is 10.4. The van der Waals surface area contributed by atoms with Gasteiger partial charge in [-0.15, -0.1) is 0 Å². The molecule has 33 heavy (non-hydrogen) atoms. The molecule has 0 aliphatic rings. The molecule has 0 spiro atoms. The molecule has 0 radical (unpaired) electrons. The van der Waals surface area contributed by atoms with E-state index in [0.29, 0.717) is 12.1 Å². The van der Waals surface area contributed by atoms with Gasteiger partial charge in [-0.25, -0.2) is 0 Å². The normalized spacial score (nSPS) is 10.1. The van der Waals surface area contributed by atoms with Crippen molar-refractivity contribution in [2.75, 3.05) is 0 Å². The molecule has 0 aliphatic heterocycles. The topological polar surface area (TPSA) is 99.3 Å². The van der Waals surface area contributed by atoms with Crippen molar-refractivity contribution in [2.24, 2.45) is 0 Å². The van der Waals surface area contributed by atoms with Crippen molar-refractivity contribution in [3.63, 3.8) is 0 Å². The quantitative estimate of drug-likeness (QED) is 0.321. The van der Waals surface area contributed by atoms with Crippen LogP contribution in [0.4, 0.5) is 0 Å². The molecule has 0 fully saturated rings. The van der Waals surface area contributed by atoms with Crippen LogP contribution in [0.15, 0.2) is 84.9 Å². The molecule has 168 valence electrons. The molecule has 8 heteroatoms. The lowest BCUT2D eigenvalue weighted by Gasteiger charge is -2.11. The van der Waals surface area contributed by atoms with Crippen LogP contribution in [-0.4, -0.2) is 22.8 Å². The zero-order valence-electron chi connectivity index (χ0n) is 17.8. The highest BCUT2D eigenvalue weighted by Crippen LogP contribution is 2.19. The van der Waals surface area contributed by atoms with Crippen molar-refractivity contribution in [3.05, 3.63) is 96.1 Å². The molecule has 0 heterocycles. The summed E-state index contributed by atoms with van der Waals surface area (Å²) in [7, 11) is 0. The average Bonchev–Trinajstić information content (AvgIpc) is 2.86. The van der Waals surface area contributed by atoms with Gasteiger partial charge in [-0.1, -0.05) is 72.8 Å². The number of thiocarbonyl (C=S) groups is 1. The molecule has 0 saturated carbocycles. The first-order chi connectivity index (χ1) is 16.0. The largest absolute Gasteiger partial charge is 0.352 e. The van der Waals surface area contributed by atoms with E-state index in [-0.39, 0.29) is 23.9 Å². The molecule has 3 aromatic carbocycles. The predicted octanol–water partition coefficient (Wildman–Crippen LogP) is 3.09. The van der Waals surface area contributed by atoms with E-state index in [4.69, 9.17) is 12.2 Å². The smallest absolute Gasteiger partial charge is 0.257 e. The third kappa shape index (κ3) is 7.86. The molecule has 0 aliphatic carbocycles. The van der Waals surface area contributed by atoms with Crippen molar-refractivity contribution in [1.82, 2.24) is 21.5 Å². The maximum Gasteiger partial charge on any atom is 0.257 e. The second-order valence-electron chi connectivity index (χ2n) is 7.16. The standard InChI is InChI=1S/C25H24N4O3S/c30-22(26-17-18-7-3-1-4-8-18)15-16-23(31)28-29-25(33)27-24(32)21-13-11-20(12-14-21)19-9-5-2-6-10-19/h1-14H,15-17H2,(H,26,30)(H,28,31)(H2,27,29,32,33). The number of amides is 3. The van der Waals surface area contributed by atoms with Crippen LogP contribution in [0, 0.1) is 0 Å². The van der Waals surface area contributed by atoms with Crippen LogP contribution >= 0.6 is 12.2 Å². The highest BCUT2D eigenvalue weighted by molar-refractivity contribution is 7.80. The molecule has 0 aromatic heterocycles. The molecule has 0 unspecified atom stereocenters. The number of carbonyl (C=O) groups excluding carboxylic acids is 3. The lowest BCUT2D eigenvalue weighted by atomic mass is 10.0. The lowest BCUT2D eigenvalue weighted by Crippen LogP contribution is -2.48. The Kier molecular flexibility index (Phi) is 8.67. The van der Waals surface area contributed by atoms with Crippen LogP contribution in [0.3, 0.4) is 0 Å². The Balaban J connectivity index is 1.35. The fourth-order valence-corrected chi connectivity index (χ4v) is 3.10. The second kappa shape index (κ2) is 12.1. The van der Waals surface area contributed by atoms with Crippen LogP contribution in [-0.2, 0) is 16.1 Å². The van der Waals surface area contributed by atoms with Gasteiger partial charge >= 0.3 is 0 Å². The summed E-state index contributed by atoms with van der Waals surface area (Å²) < 4.78 is 0. The Labute approximate surface area is 197 Å². The highest BCUT2D eigenvalue weighted by atomic mass is 32.1. The molecule has 3 aromatic rings. The van der Waals surface area contributed by atoms with Gasteiger partial charge in [0, 0.05) is 24.9 Å². The van der Waals surface area contributed by atoms with Crippen molar-refractivity contribution in [3.8, 4) is 11.1 Å². The van der Waals surface area contributed by atoms with E-state index in [9.17, 15) is 14.4 Å². The summed E-state index contributed by atoms with van der Waals surface area (Å²) >= 11 is 5.05. The van der Waals surface area contributed by atoms with Gasteiger partial charge in [0.2, 0.25) is 11.8 Å². The maximum absolute atomic E-state index is 12.3. The minimum atomic E-state index is -0.423. The zero-order valence-corrected chi connectivity index (χ0v) is 18.7. The number of nitrogens with one attached hydrogen (secondary N) is 4. The van der Waals surface area contributed by atoms with Crippen LogP contribution in [0.1, 0.15) is 28.8 Å². The van der Waals surface area contributed by atoms with Gasteiger partial charge in [0.1, 0.15) is 0 Å². The minimum Gasteiger partial charge on any atom is -0.352 e. The summed E-state index contributed by atoms with van der Waals surface area (Å²) in [5, 5.41) is 5.21. The molecule has 3 amide bonds. The SMILES string of the molecule is O=C(CCC(=O)NNC(=S)NC(=O)c1ccc(-c2ccccc2)cc1)NCc1ccccc1. The summed E-state index contributed by atoms with van der Waals surface area (Å²) in [5.74, 6) is -1.06. The monoisotopic (exact) mass is 460 g/mol. The zero-order chi connectivity index (χ0) is 23.5. The molecule has 0 bridgehead atoms. The second-order valence-corrected chi connectivity index (χ2v) is 7.57. The Morgan fingerprint density at radius 3 is 1.91 bits per heavy atom. The van der Waals surface area contributed by atoms with Crippen LogP contribution in [0.25, 0.3) is 11.1 Å². The number of hydrogen-bond donors (Lipinski definition) is 4. The molecular formula is C25H24N4O3S. The van der Waals surface area contributed by atoms with Gasteiger partial charge in [-0.3, -0.25) is 30.6 Å². The van der Waals surface area contributed by atoms with Gasteiger partial charge in [0.15, 0.2) is 5.11 Å². The molecule has 7 nitrogen and oxygen atoms in total. The number of hydrazine groups is 1. The highest BCUT2D eigenvalue weighted by Gasteiger charge is 2.10. The van der Waals surface area contributed by atoms with E-state index in [2.05, 4.69) is 21.5 Å². The Morgan fingerprint density at radius 1 is 0.667 bits per heavy atom. The average molecular weight is 461 g/mol. The first kappa shape index (κ1) is 23.6. The first-order valence-corrected chi connectivity index (χ1v) is 10.8. The van der Waals surface area contributed by atoms with Gasteiger partial charge in [-0.05, 0) is 41.0 Å². The van der Waals surface area contributed by atoms with Gasteiger partial charge in [-0.2, -0.15) is 0 Å². The van der Waals surface area contributed by atoms with Gasteiger partial charge in [0.25, 0.3) is 5.91 Å². The molecule has 0 atom stereocenters. The van der Waals surface area contributed by atoms with E-state index in [1.807, 2.05) is 72.8 Å². The molecule has 4 N–H and O–H groups in total. The van der Waals surface area contributed by atoms with E-state index in [1.165, 1.54) is 0 Å². The van der Waals surface area contributed by atoms with Crippen molar-refractivity contribution < 1.29 is 14.4 Å². The third-order valence-electron chi connectivity index (χ3n) is 4.71. The predicted molar refractivity (Wildman–Crippen MR) is 131 cm³/mol. The summed E-state index contributed by atoms with van der Waals surface area (Å²) in [4.78, 5) is 36.2. The van der Waals surface area contributed by atoms with Crippen molar-refractivity contribution in [2.45, 2.75) is 19.4 Å². The fraction of sp³-hybridized carbons (Fsp3) is 0.120. The minimum absolute atomic E-state index is 0.0227. The fourth-order valence-electron chi connectivity index (χ4n) is 2.95. The Bertz CT molecular complexity index is 1100. The van der Waals surface area contributed by atoms with Crippen molar-refractivity contribution >= 4 is 35.1 Å².